The highest BCUT2D eigenvalue weighted by atomic mass is 79.9. The Kier molecular flexibility index (Phi) is 5.95. The number of hydrogen-bond acceptors (Lipinski definition) is 3. The summed E-state index contributed by atoms with van der Waals surface area (Å²) in [5, 5.41) is 3.68. The van der Waals surface area contributed by atoms with Crippen LogP contribution in [0.5, 0.6) is 0 Å². The molecule has 1 aromatic rings. The van der Waals surface area contributed by atoms with E-state index in [0.717, 1.165) is 23.3 Å². The Morgan fingerprint density at radius 3 is 2.87 bits per heavy atom. The van der Waals surface area contributed by atoms with Crippen molar-refractivity contribution in [1.29, 1.82) is 0 Å². The average molecular weight is 293 g/mol. The van der Waals surface area contributed by atoms with Gasteiger partial charge in [0.1, 0.15) is 17.3 Å². The summed E-state index contributed by atoms with van der Waals surface area (Å²) in [5.41, 5.74) is 0. The molecule has 0 aliphatic heterocycles. The summed E-state index contributed by atoms with van der Waals surface area (Å²) in [5.74, 6) is 0.770. The van der Waals surface area contributed by atoms with Crippen LogP contribution in [0.4, 0.5) is 5.82 Å². The zero-order valence-corrected chi connectivity index (χ0v) is 11.1. The number of aromatic nitrogens is 2. The third kappa shape index (κ3) is 4.34. The second-order valence-corrected chi connectivity index (χ2v) is 4.47. The Morgan fingerprint density at radius 2 is 2.13 bits per heavy atom. The van der Waals surface area contributed by atoms with Crippen molar-refractivity contribution in [3.8, 4) is 0 Å². The highest BCUT2D eigenvalue weighted by Crippen LogP contribution is 2.25. The summed E-state index contributed by atoms with van der Waals surface area (Å²) in [6, 6.07) is 0. The van der Waals surface area contributed by atoms with Crippen molar-refractivity contribution in [2.45, 2.75) is 32.6 Å². The molecule has 1 heterocycles. The number of rotatable bonds is 6. The van der Waals surface area contributed by atoms with Crippen LogP contribution in [0.15, 0.2) is 10.8 Å². The molecule has 0 saturated carbocycles. The van der Waals surface area contributed by atoms with Crippen molar-refractivity contribution in [3.05, 3.63) is 16.0 Å². The van der Waals surface area contributed by atoms with Crippen LogP contribution < -0.4 is 5.32 Å². The first-order valence-corrected chi connectivity index (χ1v) is 6.32. The second kappa shape index (κ2) is 7.01. The van der Waals surface area contributed by atoms with Gasteiger partial charge in [0.2, 0.25) is 0 Å². The van der Waals surface area contributed by atoms with Crippen molar-refractivity contribution in [2.75, 3.05) is 11.9 Å². The van der Waals surface area contributed by atoms with Gasteiger partial charge in [0.15, 0.2) is 0 Å². The van der Waals surface area contributed by atoms with Crippen molar-refractivity contribution in [1.82, 2.24) is 9.97 Å². The topological polar surface area (TPSA) is 37.8 Å². The Bertz CT molecular complexity index is 307. The van der Waals surface area contributed by atoms with Gasteiger partial charge in [-0.15, -0.1) is 0 Å². The molecule has 0 aliphatic rings. The smallest absolute Gasteiger partial charge is 0.148 e. The lowest BCUT2D eigenvalue weighted by Crippen LogP contribution is -2.04. The standard InChI is InChI=1S/C10H15BrClN3/c1-2-3-4-5-6-13-10-8(11)9(12)14-7-15-10/h7H,2-6H2,1H3,(H,13,14,15). The van der Waals surface area contributed by atoms with Crippen LogP contribution in [0.25, 0.3) is 0 Å². The van der Waals surface area contributed by atoms with E-state index >= 15 is 0 Å². The molecule has 5 heteroatoms. The Hall–Kier alpha value is -0.350. The number of unbranched alkanes of at least 4 members (excludes halogenated alkanes) is 3. The molecular formula is C10H15BrClN3. The van der Waals surface area contributed by atoms with Gasteiger partial charge < -0.3 is 5.32 Å². The van der Waals surface area contributed by atoms with Crippen LogP contribution in [0.2, 0.25) is 5.15 Å². The normalized spacial score (nSPS) is 10.3. The van der Waals surface area contributed by atoms with Gasteiger partial charge in [-0.05, 0) is 22.4 Å². The zero-order chi connectivity index (χ0) is 11.1. The predicted molar refractivity (Wildman–Crippen MR) is 67.4 cm³/mol. The molecule has 0 bridgehead atoms. The first-order valence-electron chi connectivity index (χ1n) is 5.15. The molecule has 0 radical (unpaired) electrons. The Balaban J connectivity index is 2.34. The predicted octanol–water partition coefficient (Wildman–Crippen LogP) is 3.88. The lowest BCUT2D eigenvalue weighted by atomic mass is 10.2. The van der Waals surface area contributed by atoms with Gasteiger partial charge >= 0.3 is 0 Å². The number of hydrogen-bond donors (Lipinski definition) is 1. The number of nitrogens with one attached hydrogen (secondary N) is 1. The Morgan fingerprint density at radius 1 is 1.33 bits per heavy atom. The first-order chi connectivity index (χ1) is 7.25. The minimum atomic E-state index is 0.445. The highest BCUT2D eigenvalue weighted by molar-refractivity contribution is 9.10. The van der Waals surface area contributed by atoms with E-state index in [4.69, 9.17) is 11.6 Å². The van der Waals surface area contributed by atoms with Gasteiger partial charge in [0.05, 0.1) is 4.47 Å². The average Bonchev–Trinajstić information content (AvgIpc) is 2.24. The molecule has 0 fully saturated rings. The molecule has 0 atom stereocenters. The fourth-order valence-electron chi connectivity index (χ4n) is 1.23. The zero-order valence-electron chi connectivity index (χ0n) is 8.76. The maximum absolute atomic E-state index is 5.84. The molecule has 15 heavy (non-hydrogen) atoms. The minimum Gasteiger partial charge on any atom is -0.369 e. The molecule has 1 rings (SSSR count). The first kappa shape index (κ1) is 12.7. The second-order valence-electron chi connectivity index (χ2n) is 3.31. The third-order valence-corrected chi connectivity index (χ3v) is 3.34. The monoisotopic (exact) mass is 291 g/mol. The molecule has 1 aromatic heterocycles. The fraction of sp³-hybridized carbons (Fsp3) is 0.600. The van der Waals surface area contributed by atoms with Crippen LogP contribution in [0, 0.1) is 0 Å². The summed E-state index contributed by atoms with van der Waals surface area (Å²) >= 11 is 9.18. The van der Waals surface area contributed by atoms with E-state index in [9.17, 15) is 0 Å². The summed E-state index contributed by atoms with van der Waals surface area (Å²) in [7, 11) is 0. The maximum atomic E-state index is 5.84. The highest BCUT2D eigenvalue weighted by Gasteiger charge is 2.04. The van der Waals surface area contributed by atoms with E-state index in [1.54, 1.807) is 0 Å². The van der Waals surface area contributed by atoms with Gasteiger partial charge in [0.25, 0.3) is 0 Å². The summed E-state index contributed by atoms with van der Waals surface area (Å²) in [6.07, 6.45) is 6.40. The SMILES string of the molecule is CCCCCCNc1ncnc(Cl)c1Br. The van der Waals surface area contributed by atoms with Crippen molar-refractivity contribution >= 4 is 33.3 Å². The fourth-order valence-corrected chi connectivity index (χ4v) is 1.71. The number of anilines is 1. The van der Waals surface area contributed by atoms with E-state index in [-0.39, 0.29) is 0 Å². The molecule has 0 saturated heterocycles. The molecular weight excluding hydrogens is 277 g/mol. The van der Waals surface area contributed by atoms with Crippen LogP contribution in [0.3, 0.4) is 0 Å². The third-order valence-electron chi connectivity index (χ3n) is 2.07. The van der Waals surface area contributed by atoms with Gasteiger partial charge in [0, 0.05) is 6.54 Å². The minimum absolute atomic E-state index is 0.445. The molecule has 1 N–H and O–H groups in total. The molecule has 3 nitrogen and oxygen atoms in total. The quantitative estimate of drug-likeness (QED) is 0.638. The largest absolute Gasteiger partial charge is 0.369 e. The van der Waals surface area contributed by atoms with Gasteiger partial charge in [-0.1, -0.05) is 37.8 Å². The van der Waals surface area contributed by atoms with Gasteiger partial charge in [-0.2, -0.15) is 0 Å². The summed E-state index contributed by atoms with van der Waals surface area (Å²) in [4.78, 5) is 7.97. The number of nitrogens with zero attached hydrogens (tertiary/aromatic N) is 2. The molecule has 0 amide bonds. The van der Waals surface area contributed by atoms with Crippen molar-refractivity contribution in [2.24, 2.45) is 0 Å². The summed E-state index contributed by atoms with van der Waals surface area (Å²) in [6.45, 7) is 3.13. The lowest BCUT2D eigenvalue weighted by molar-refractivity contribution is 0.684. The van der Waals surface area contributed by atoms with Crippen molar-refractivity contribution < 1.29 is 0 Å². The van der Waals surface area contributed by atoms with E-state index in [2.05, 4.69) is 38.1 Å². The van der Waals surface area contributed by atoms with E-state index in [0.29, 0.717) is 5.15 Å². The summed E-state index contributed by atoms with van der Waals surface area (Å²) < 4.78 is 0.738. The molecule has 0 aromatic carbocycles. The lowest BCUT2D eigenvalue weighted by Gasteiger charge is -2.07. The van der Waals surface area contributed by atoms with E-state index in [1.165, 1.54) is 25.6 Å². The van der Waals surface area contributed by atoms with E-state index < -0.39 is 0 Å². The van der Waals surface area contributed by atoms with Crippen LogP contribution in [-0.2, 0) is 0 Å². The Labute approximate surface area is 104 Å². The molecule has 84 valence electrons. The molecule has 0 aliphatic carbocycles. The molecule has 0 unspecified atom stereocenters. The van der Waals surface area contributed by atoms with Crippen LogP contribution >= 0.6 is 27.5 Å². The molecule has 0 spiro atoms. The van der Waals surface area contributed by atoms with Crippen molar-refractivity contribution in [3.63, 3.8) is 0 Å². The van der Waals surface area contributed by atoms with Crippen LogP contribution in [0.1, 0.15) is 32.6 Å². The number of halogens is 2. The van der Waals surface area contributed by atoms with Crippen LogP contribution in [-0.4, -0.2) is 16.5 Å². The van der Waals surface area contributed by atoms with Gasteiger partial charge in [-0.3, -0.25) is 0 Å². The van der Waals surface area contributed by atoms with E-state index in [1.807, 2.05) is 0 Å². The maximum Gasteiger partial charge on any atom is 0.148 e. The van der Waals surface area contributed by atoms with Gasteiger partial charge in [-0.25, -0.2) is 9.97 Å².